The summed E-state index contributed by atoms with van der Waals surface area (Å²) in [4.78, 5) is 23.6. The first-order valence-electron chi connectivity index (χ1n) is 12.0. The van der Waals surface area contributed by atoms with E-state index in [0.717, 1.165) is 38.5 Å². The highest BCUT2D eigenvalue weighted by Gasteiger charge is 2.57. The second-order valence-corrected chi connectivity index (χ2v) is 11.1. The molecule has 8 heteroatoms. The molecule has 2 aliphatic carbocycles. The van der Waals surface area contributed by atoms with E-state index in [-0.39, 0.29) is 41.9 Å². The molecule has 8 nitrogen and oxygen atoms in total. The zero-order valence-corrected chi connectivity index (χ0v) is 19.8. The molecule has 2 spiro atoms. The van der Waals surface area contributed by atoms with Crippen LogP contribution in [-0.2, 0) is 19.1 Å². The Morgan fingerprint density at radius 2 is 1.19 bits per heavy atom. The maximum Gasteiger partial charge on any atom is 0.312 e. The van der Waals surface area contributed by atoms with Crippen LogP contribution in [0.2, 0.25) is 0 Å². The number of carbonyl (C=O) groups excluding carboxylic acids is 2. The minimum Gasteiger partial charge on any atom is -0.459 e. The van der Waals surface area contributed by atoms with E-state index in [2.05, 4.69) is 0 Å². The Labute approximate surface area is 190 Å². The number of aliphatic hydroxyl groups is 4. The Kier molecular flexibility index (Phi) is 7.03. The van der Waals surface area contributed by atoms with Crippen molar-refractivity contribution in [1.82, 2.24) is 0 Å². The second-order valence-electron chi connectivity index (χ2n) is 11.1. The number of esters is 2. The van der Waals surface area contributed by atoms with Gasteiger partial charge in [-0.05, 0) is 52.4 Å². The minimum absolute atomic E-state index is 0.0404. The fourth-order valence-electron chi connectivity index (χ4n) is 5.80. The molecule has 32 heavy (non-hydrogen) atoms. The van der Waals surface area contributed by atoms with Crippen molar-refractivity contribution in [3.63, 3.8) is 0 Å². The van der Waals surface area contributed by atoms with Crippen molar-refractivity contribution in [2.45, 2.75) is 128 Å². The van der Waals surface area contributed by atoms with E-state index in [1.54, 1.807) is 0 Å². The van der Waals surface area contributed by atoms with Crippen LogP contribution >= 0.6 is 0 Å². The average Bonchev–Trinajstić information content (AvgIpc) is 3.13. The summed E-state index contributed by atoms with van der Waals surface area (Å²) in [5.41, 5.74) is -1.88. The summed E-state index contributed by atoms with van der Waals surface area (Å²) >= 11 is 0. The Balaban J connectivity index is 0.000000182. The quantitative estimate of drug-likeness (QED) is 0.464. The second kappa shape index (κ2) is 8.85. The lowest BCUT2D eigenvalue weighted by Gasteiger charge is -2.40. The van der Waals surface area contributed by atoms with Gasteiger partial charge in [0, 0.05) is 25.7 Å². The van der Waals surface area contributed by atoms with Crippen LogP contribution in [0.15, 0.2) is 0 Å². The molecule has 0 aromatic rings. The maximum absolute atomic E-state index is 11.8. The number of ether oxygens (including phenoxy) is 2. The molecule has 0 radical (unpaired) electrons. The monoisotopic (exact) mass is 456 g/mol. The molecular weight excluding hydrogens is 416 g/mol. The van der Waals surface area contributed by atoms with Gasteiger partial charge in [0.05, 0.1) is 29.1 Å². The topological polar surface area (TPSA) is 134 Å². The Bertz CT molecular complexity index is 703. The predicted octanol–water partition coefficient (Wildman–Crippen LogP) is 1.99. The van der Waals surface area contributed by atoms with E-state index < -0.39 is 29.3 Å². The molecule has 4 unspecified atom stereocenters. The van der Waals surface area contributed by atoms with E-state index in [1.807, 2.05) is 27.7 Å². The van der Waals surface area contributed by atoms with Crippen molar-refractivity contribution in [2.24, 2.45) is 10.8 Å². The lowest BCUT2D eigenvalue weighted by molar-refractivity contribution is -0.175. The highest BCUT2D eigenvalue weighted by Crippen LogP contribution is 2.50. The summed E-state index contributed by atoms with van der Waals surface area (Å²) in [6.45, 7) is 7.80. The van der Waals surface area contributed by atoms with Crippen molar-refractivity contribution < 1.29 is 39.5 Å². The third-order valence-electron chi connectivity index (χ3n) is 8.41. The van der Waals surface area contributed by atoms with Gasteiger partial charge in [-0.1, -0.05) is 13.8 Å². The fraction of sp³-hybridized carbons (Fsp3) is 0.917. The molecule has 2 aliphatic heterocycles. The van der Waals surface area contributed by atoms with Gasteiger partial charge < -0.3 is 29.9 Å². The van der Waals surface area contributed by atoms with Gasteiger partial charge in [-0.15, -0.1) is 0 Å². The van der Waals surface area contributed by atoms with Gasteiger partial charge in [0.25, 0.3) is 0 Å². The van der Waals surface area contributed by atoms with Crippen LogP contribution < -0.4 is 0 Å². The highest BCUT2D eigenvalue weighted by atomic mass is 16.6. The molecule has 2 saturated carbocycles. The van der Waals surface area contributed by atoms with Crippen LogP contribution in [0.3, 0.4) is 0 Å². The largest absolute Gasteiger partial charge is 0.459 e. The molecule has 0 amide bonds. The first-order chi connectivity index (χ1) is 14.8. The van der Waals surface area contributed by atoms with Crippen molar-refractivity contribution in [1.29, 1.82) is 0 Å². The van der Waals surface area contributed by atoms with Crippen LogP contribution in [0.4, 0.5) is 0 Å². The van der Waals surface area contributed by atoms with Gasteiger partial charge in [-0.2, -0.15) is 0 Å². The van der Waals surface area contributed by atoms with Crippen LogP contribution in [0.25, 0.3) is 0 Å². The SMILES string of the molecule is CCC1(C)CC2(CC(O)C(O)C(O)C2)OC1=O.CCC1(C)CC2(CCC(O)CC2)OC1=O. The van der Waals surface area contributed by atoms with Gasteiger partial charge in [0.2, 0.25) is 0 Å². The number of rotatable bonds is 2. The van der Waals surface area contributed by atoms with E-state index >= 15 is 0 Å². The highest BCUT2D eigenvalue weighted by molar-refractivity contribution is 5.79. The number of hydrogen-bond acceptors (Lipinski definition) is 8. The van der Waals surface area contributed by atoms with Gasteiger partial charge in [-0.25, -0.2) is 0 Å². The van der Waals surface area contributed by atoms with Crippen LogP contribution in [0, 0.1) is 10.8 Å². The Hall–Kier alpha value is -1.22. The molecule has 0 aromatic heterocycles. The molecule has 4 N–H and O–H groups in total. The molecule has 2 heterocycles. The molecule has 4 fully saturated rings. The lowest BCUT2D eigenvalue weighted by Crippen LogP contribution is -2.52. The molecule has 0 bridgehead atoms. The summed E-state index contributed by atoms with van der Waals surface area (Å²) in [6.07, 6.45) is 3.04. The summed E-state index contributed by atoms with van der Waals surface area (Å²) in [7, 11) is 0. The van der Waals surface area contributed by atoms with Crippen molar-refractivity contribution in [3.8, 4) is 0 Å². The summed E-state index contributed by atoms with van der Waals surface area (Å²) in [6, 6.07) is 0. The molecule has 4 aliphatic rings. The molecule has 184 valence electrons. The zero-order valence-electron chi connectivity index (χ0n) is 19.8. The third kappa shape index (κ3) is 4.69. The predicted molar refractivity (Wildman–Crippen MR) is 115 cm³/mol. The van der Waals surface area contributed by atoms with Gasteiger partial charge in [-0.3, -0.25) is 9.59 Å². The van der Waals surface area contributed by atoms with E-state index in [0.29, 0.717) is 12.8 Å². The third-order valence-corrected chi connectivity index (χ3v) is 8.41. The van der Waals surface area contributed by atoms with Gasteiger partial charge in [0.1, 0.15) is 17.3 Å². The normalized spacial score (nSPS) is 48.4. The summed E-state index contributed by atoms with van der Waals surface area (Å²) < 4.78 is 11.0. The first-order valence-corrected chi connectivity index (χ1v) is 12.0. The molecular formula is C24H40O8. The lowest BCUT2D eigenvalue weighted by atomic mass is 9.72. The molecule has 2 saturated heterocycles. The van der Waals surface area contributed by atoms with Gasteiger partial charge >= 0.3 is 11.9 Å². The standard InChI is InChI=1S/C12H20O5.C12H20O3/c1-3-11(2)6-12(17-10(11)16)4-7(13)9(15)8(14)5-12;1-3-11(2)8-12(15-10(11)14)6-4-9(13)5-7-12/h7-9,13-15H,3-6H2,1-2H3;9,13H,3-8H2,1-2H3. The van der Waals surface area contributed by atoms with Crippen LogP contribution in [0.5, 0.6) is 0 Å². The summed E-state index contributed by atoms with van der Waals surface area (Å²) in [5, 5.41) is 38.4. The van der Waals surface area contributed by atoms with Crippen molar-refractivity contribution in [3.05, 3.63) is 0 Å². The Morgan fingerprint density at radius 3 is 1.59 bits per heavy atom. The van der Waals surface area contributed by atoms with E-state index in [9.17, 15) is 30.0 Å². The van der Waals surface area contributed by atoms with E-state index in [1.165, 1.54) is 0 Å². The number of hydrogen-bond donors (Lipinski definition) is 4. The molecule has 4 rings (SSSR count). The number of aliphatic hydroxyl groups excluding tert-OH is 4. The molecule has 4 atom stereocenters. The van der Waals surface area contributed by atoms with Gasteiger partial charge in [0.15, 0.2) is 0 Å². The Morgan fingerprint density at radius 1 is 0.781 bits per heavy atom. The van der Waals surface area contributed by atoms with Crippen molar-refractivity contribution >= 4 is 11.9 Å². The summed E-state index contributed by atoms with van der Waals surface area (Å²) in [5.74, 6) is -0.308. The van der Waals surface area contributed by atoms with E-state index in [4.69, 9.17) is 9.47 Å². The maximum atomic E-state index is 11.8. The van der Waals surface area contributed by atoms with Crippen molar-refractivity contribution in [2.75, 3.05) is 0 Å². The number of carbonyl (C=O) groups is 2. The average molecular weight is 457 g/mol. The van der Waals surface area contributed by atoms with Crippen LogP contribution in [-0.4, -0.2) is 68.0 Å². The molecule has 0 aromatic carbocycles. The minimum atomic E-state index is -1.15. The smallest absolute Gasteiger partial charge is 0.312 e. The first kappa shape index (κ1) is 25.4. The van der Waals surface area contributed by atoms with Crippen LogP contribution in [0.1, 0.15) is 91.9 Å². The fourth-order valence-corrected chi connectivity index (χ4v) is 5.80. The zero-order chi connectivity index (χ0) is 23.9.